The first-order valence-electron chi connectivity index (χ1n) is 8.73. The normalized spacial score (nSPS) is 10.8. The molecule has 0 unspecified atom stereocenters. The minimum absolute atomic E-state index is 0.118. The molecule has 0 radical (unpaired) electrons. The highest BCUT2D eigenvalue weighted by Gasteiger charge is 2.20. The Morgan fingerprint density at radius 1 is 1.22 bits per heavy atom. The molecule has 2 aromatic heterocycles. The van der Waals surface area contributed by atoms with Gasteiger partial charge in [0, 0.05) is 50.8 Å². The third-order valence-corrected chi connectivity index (χ3v) is 4.23. The average Bonchev–Trinajstić information content (AvgIpc) is 3.10. The highest BCUT2D eigenvalue weighted by atomic mass is 16.5. The summed E-state index contributed by atoms with van der Waals surface area (Å²) < 4.78 is 6.88. The molecule has 0 aliphatic carbocycles. The number of ether oxygens (including phenoxy) is 1. The van der Waals surface area contributed by atoms with E-state index in [2.05, 4.69) is 15.1 Å². The van der Waals surface area contributed by atoms with Gasteiger partial charge in [-0.1, -0.05) is 30.3 Å². The van der Waals surface area contributed by atoms with Gasteiger partial charge in [0.25, 0.3) is 5.91 Å². The number of hydrogen-bond donors (Lipinski definition) is 0. The molecule has 27 heavy (non-hydrogen) atoms. The van der Waals surface area contributed by atoms with Gasteiger partial charge in [0.05, 0.1) is 24.1 Å². The quantitative estimate of drug-likeness (QED) is 0.643. The number of hydrogen-bond acceptors (Lipinski definition) is 5. The van der Waals surface area contributed by atoms with E-state index >= 15 is 0 Å². The summed E-state index contributed by atoms with van der Waals surface area (Å²) in [5, 5.41) is 4.17. The van der Waals surface area contributed by atoms with Crippen LogP contribution in [0.1, 0.15) is 21.6 Å². The SMILES string of the molecule is COCCN(Cc1cnn(C)c1)C(=O)c1cnc(-c2ccccc2)nc1C. The minimum Gasteiger partial charge on any atom is -0.383 e. The Hall–Kier alpha value is -3.06. The maximum Gasteiger partial charge on any atom is 0.257 e. The summed E-state index contributed by atoms with van der Waals surface area (Å²) in [6.45, 7) is 3.22. The molecular formula is C20H23N5O2. The van der Waals surface area contributed by atoms with Gasteiger partial charge < -0.3 is 9.64 Å². The summed E-state index contributed by atoms with van der Waals surface area (Å²) in [7, 11) is 3.47. The van der Waals surface area contributed by atoms with Crippen molar-refractivity contribution >= 4 is 5.91 Å². The summed E-state index contributed by atoms with van der Waals surface area (Å²) >= 11 is 0. The van der Waals surface area contributed by atoms with Crippen LogP contribution in [0.4, 0.5) is 0 Å². The number of carbonyl (C=O) groups is 1. The van der Waals surface area contributed by atoms with Gasteiger partial charge in [-0.2, -0.15) is 5.10 Å². The fourth-order valence-corrected chi connectivity index (χ4v) is 2.80. The molecule has 1 amide bonds. The van der Waals surface area contributed by atoms with Gasteiger partial charge in [-0.15, -0.1) is 0 Å². The van der Waals surface area contributed by atoms with E-state index in [9.17, 15) is 4.79 Å². The first kappa shape index (κ1) is 18.7. The fraction of sp³-hybridized carbons (Fsp3) is 0.300. The molecule has 3 aromatic rings. The molecule has 1 aromatic carbocycles. The lowest BCUT2D eigenvalue weighted by molar-refractivity contribution is 0.0678. The lowest BCUT2D eigenvalue weighted by Gasteiger charge is -2.22. The second-order valence-corrected chi connectivity index (χ2v) is 6.30. The van der Waals surface area contributed by atoms with E-state index in [1.54, 1.807) is 29.1 Å². The number of carbonyl (C=O) groups excluding carboxylic acids is 1. The summed E-state index contributed by atoms with van der Waals surface area (Å²) in [5.74, 6) is 0.494. The van der Waals surface area contributed by atoms with Crippen molar-refractivity contribution in [1.29, 1.82) is 0 Å². The van der Waals surface area contributed by atoms with Gasteiger partial charge in [-0.3, -0.25) is 9.48 Å². The van der Waals surface area contributed by atoms with Crippen LogP contribution < -0.4 is 0 Å². The standard InChI is InChI=1S/C20H23N5O2/c1-15-18(12-21-19(23-15)17-7-5-4-6-8-17)20(26)25(9-10-27-3)14-16-11-22-24(2)13-16/h4-8,11-13H,9-10,14H2,1-3H3. The van der Waals surface area contributed by atoms with Gasteiger partial charge in [0.2, 0.25) is 0 Å². The summed E-state index contributed by atoms with van der Waals surface area (Å²) in [6, 6.07) is 9.72. The van der Waals surface area contributed by atoms with Crippen molar-refractivity contribution in [2.75, 3.05) is 20.3 Å². The highest BCUT2D eigenvalue weighted by molar-refractivity contribution is 5.95. The van der Waals surface area contributed by atoms with Crippen molar-refractivity contribution in [1.82, 2.24) is 24.6 Å². The molecule has 3 rings (SSSR count). The number of methoxy groups -OCH3 is 1. The van der Waals surface area contributed by atoms with Crippen LogP contribution in [0.3, 0.4) is 0 Å². The Balaban J connectivity index is 1.84. The van der Waals surface area contributed by atoms with Crippen LogP contribution in [0.2, 0.25) is 0 Å². The number of benzene rings is 1. The maximum atomic E-state index is 13.1. The van der Waals surface area contributed by atoms with Crippen LogP contribution in [0, 0.1) is 6.92 Å². The van der Waals surface area contributed by atoms with E-state index in [0.717, 1.165) is 11.1 Å². The zero-order valence-electron chi connectivity index (χ0n) is 15.8. The number of aryl methyl sites for hydroxylation is 2. The lowest BCUT2D eigenvalue weighted by atomic mass is 10.1. The van der Waals surface area contributed by atoms with Crippen molar-refractivity contribution in [3.05, 3.63) is 65.7 Å². The van der Waals surface area contributed by atoms with Crippen LogP contribution in [0.25, 0.3) is 11.4 Å². The highest BCUT2D eigenvalue weighted by Crippen LogP contribution is 2.17. The molecule has 2 heterocycles. The minimum atomic E-state index is -0.118. The Labute approximate surface area is 158 Å². The predicted molar refractivity (Wildman–Crippen MR) is 102 cm³/mol. The second-order valence-electron chi connectivity index (χ2n) is 6.30. The second kappa shape index (κ2) is 8.55. The largest absolute Gasteiger partial charge is 0.383 e. The van der Waals surface area contributed by atoms with Gasteiger partial charge in [-0.25, -0.2) is 9.97 Å². The van der Waals surface area contributed by atoms with E-state index in [1.807, 2.05) is 50.5 Å². The van der Waals surface area contributed by atoms with Crippen LogP contribution in [0.5, 0.6) is 0 Å². The number of aromatic nitrogens is 4. The van der Waals surface area contributed by atoms with Crippen LogP contribution >= 0.6 is 0 Å². The van der Waals surface area contributed by atoms with E-state index in [1.165, 1.54) is 0 Å². The molecule has 7 heteroatoms. The van der Waals surface area contributed by atoms with Crippen LogP contribution in [-0.2, 0) is 18.3 Å². The van der Waals surface area contributed by atoms with Crippen molar-refractivity contribution in [2.24, 2.45) is 7.05 Å². The zero-order chi connectivity index (χ0) is 19.2. The Kier molecular flexibility index (Phi) is 5.93. The smallest absolute Gasteiger partial charge is 0.257 e. The molecule has 0 fully saturated rings. The van der Waals surface area contributed by atoms with E-state index in [0.29, 0.717) is 36.8 Å². The molecule has 0 bridgehead atoms. The topological polar surface area (TPSA) is 73.1 Å². The molecule has 0 spiro atoms. The third kappa shape index (κ3) is 4.57. The number of amides is 1. The monoisotopic (exact) mass is 365 g/mol. The van der Waals surface area contributed by atoms with Crippen molar-refractivity contribution < 1.29 is 9.53 Å². The zero-order valence-corrected chi connectivity index (χ0v) is 15.8. The predicted octanol–water partition coefficient (Wildman–Crippen LogP) is 2.47. The van der Waals surface area contributed by atoms with Gasteiger partial charge >= 0.3 is 0 Å². The van der Waals surface area contributed by atoms with Gasteiger partial charge in [-0.05, 0) is 6.92 Å². The van der Waals surface area contributed by atoms with Crippen molar-refractivity contribution in [2.45, 2.75) is 13.5 Å². The molecular weight excluding hydrogens is 342 g/mol. The van der Waals surface area contributed by atoms with E-state index in [4.69, 9.17) is 4.74 Å². The molecule has 7 nitrogen and oxygen atoms in total. The molecule has 140 valence electrons. The Morgan fingerprint density at radius 2 is 2.00 bits per heavy atom. The lowest BCUT2D eigenvalue weighted by Crippen LogP contribution is -2.34. The summed E-state index contributed by atoms with van der Waals surface area (Å²) in [6.07, 6.45) is 5.26. The Bertz CT molecular complexity index is 908. The molecule has 0 aliphatic heterocycles. The van der Waals surface area contributed by atoms with Gasteiger partial charge in [0.15, 0.2) is 5.82 Å². The molecule has 0 N–H and O–H groups in total. The third-order valence-electron chi connectivity index (χ3n) is 4.23. The molecule has 0 aliphatic rings. The first-order chi connectivity index (χ1) is 13.1. The van der Waals surface area contributed by atoms with Crippen molar-refractivity contribution in [3.8, 4) is 11.4 Å². The van der Waals surface area contributed by atoms with Gasteiger partial charge in [0.1, 0.15) is 0 Å². The Morgan fingerprint density at radius 3 is 2.63 bits per heavy atom. The average molecular weight is 365 g/mol. The van der Waals surface area contributed by atoms with E-state index < -0.39 is 0 Å². The summed E-state index contributed by atoms with van der Waals surface area (Å²) in [5.41, 5.74) is 3.03. The maximum absolute atomic E-state index is 13.1. The first-order valence-corrected chi connectivity index (χ1v) is 8.73. The fourth-order valence-electron chi connectivity index (χ4n) is 2.80. The van der Waals surface area contributed by atoms with Crippen LogP contribution in [0.15, 0.2) is 48.9 Å². The van der Waals surface area contributed by atoms with Crippen molar-refractivity contribution in [3.63, 3.8) is 0 Å². The molecule has 0 saturated heterocycles. The number of rotatable bonds is 7. The summed E-state index contributed by atoms with van der Waals surface area (Å²) in [4.78, 5) is 23.8. The molecule has 0 atom stereocenters. The van der Waals surface area contributed by atoms with Crippen LogP contribution in [-0.4, -0.2) is 50.8 Å². The van der Waals surface area contributed by atoms with E-state index in [-0.39, 0.29) is 5.91 Å². The number of nitrogens with zero attached hydrogens (tertiary/aromatic N) is 5. The molecule has 0 saturated carbocycles.